The molecule has 0 amide bonds. The van der Waals surface area contributed by atoms with E-state index in [9.17, 15) is 39.9 Å². The molecular weight excluding hydrogens is 474 g/mol. The monoisotopic (exact) mass is 494 g/mol. The number of β-amino-alcohol motifs (C(OH)–C–C–N with tert-alkyl or cyclic N) is 1. The summed E-state index contributed by atoms with van der Waals surface area (Å²) in [5.74, 6) is 0. The average Bonchev–Trinajstić information content (AvgIpc) is 2.84. The molecule has 1 fully saturated rings. The molecule has 1 aliphatic heterocycles. The molecule has 1 aliphatic rings. The zero-order valence-electron chi connectivity index (χ0n) is 17.3. The minimum atomic E-state index is -5.05. The number of fused-ring (bicyclic) bond motifs is 3. The van der Waals surface area contributed by atoms with Gasteiger partial charge in [0.25, 0.3) is 0 Å². The Bertz CT molecular complexity index is 1330. The molecule has 3 aromatic rings. The van der Waals surface area contributed by atoms with Crippen molar-refractivity contribution in [3.63, 3.8) is 0 Å². The summed E-state index contributed by atoms with van der Waals surface area (Å²) in [7, 11) is -4.33. The van der Waals surface area contributed by atoms with E-state index < -0.39 is 50.4 Å². The fraction of sp³-hybridized carbons (Fsp3) is 0.429. The third-order valence-electron chi connectivity index (χ3n) is 5.92. The van der Waals surface area contributed by atoms with Gasteiger partial charge in [-0.2, -0.15) is 26.3 Å². The number of hydrogen-bond acceptors (Lipinski definition) is 4. The maximum absolute atomic E-state index is 13.8. The molecule has 1 aromatic heterocycles. The number of alkyl halides is 6. The van der Waals surface area contributed by atoms with Gasteiger partial charge in [-0.1, -0.05) is 0 Å². The number of hydrogen-bond donors (Lipinski definition) is 2. The van der Waals surface area contributed by atoms with E-state index in [0.717, 1.165) is 24.3 Å². The van der Waals surface area contributed by atoms with Crippen molar-refractivity contribution < 1.29 is 39.9 Å². The van der Waals surface area contributed by atoms with Gasteiger partial charge < -0.3 is 15.0 Å². The molecule has 180 valence electrons. The van der Waals surface area contributed by atoms with Crippen LogP contribution < -0.4 is 5.32 Å². The molecule has 2 aromatic carbocycles. The molecular formula is C21H20F6N2O3S. The summed E-state index contributed by atoms with van der Waals surface area (Å²) in [6, 6.07) is 3.49. The molecule has 5 nitrogen and oxygen atoms in total. The number of aliphatic hydroxyl groups is 1. The number of rotatable bonds is 2. The molecule has 1 saturated heterocycles. The summed E-state index contributed by atoms with van der Waals surface area (Å²) >= 11 is 0. The van der Waals surface area contributed by atoms with Gasteiger partial charge >= 0.3 is 12.4 Å². The van der Waals surface area contributed by atoms with Crippen molar-refractivity contribution in [3.8, 4) is 0 Å². The summed E-state index contributed by atoms with van der Waals surface area (Å²) in [5, 5.41) is 13.4. The van der Waals surface area contributed by atoms with Crippen molar-refractivity contribution in [1.82, 2.24) is 9.88 Å². The van der Waals surface area contributed by atoms with Crippen LogP contribution in [0.4, 0.5) is 26.3 Å². The molecule has 0 aliphatic carbocycles. The topological polar surface area (TPSA) is 71.3 Å². The van der Waals surface area contributed by atoms with Gasteiger partial charge in [0, 0.05) is 29.1 Å². The maximum atomic E-state index is 13.8. The van der Waals surface area contributed by atoms with Crippen molar-refractivity contribution in [3.05, 3.63) is 41.5 Å². The highest BCUT2D eigenvalue weighted by molar-refractivity contribution is 7.90. The Morgan fingerprint density at radius 1 is 1.00 bits per heavy atom. The minimum Gasteiger partial charge on any atom is -0.390 e. The predicted octanol–water partition coefficient (Wildman–Crippen LogP) is 4.52. The Morgan fingerprint density at radius 2 is 1.67 bits per heavy atom. The lowest BCUT2D eigenvalue weighted by Gasteiger charge is -2.24. The van der Waals surface area contributed by atoms with Gasteiger partial charge in [-0.15, -0.1) is 0 Å². The van der Waals surface area contributed by atoms with Gasteiger partial charge in [0.15, 0.2) is 9.84 Å². The minimum absolute atomic E-state index is 0.0173. The Kier molecular flexibility index (Phi) is 5.69. The second kappa shape index (κ2) is 7.88. The molecule has 0 bridgehead atoms. The van der Waals surface area contributed by atoms with Gasteiger partial charge in [-0.25, -0.2) is 8.42 Å². The number of benzene rings is 2. The van der Waals surface area contributed by atoms with E-state index in [4.69, 9.17) is 0 Å². The van der Waals surface area contributed by atoms with Gasteiger partial charge in [-0.3, -0.25) is 0 Å². The van der Waals surface area contributed by atoms with E-state index in [-0.39, 0.29) is 28.4 Å². The van der Waals surface area contributed by atoms with Crippen LogP contribution in [-0.4, -0.2) is 43.5 Å². The number of aliphatic hydroxyl groups excluding tert-OH is 1. The van der Waals surface area contributed by atoms with E-state index in [1.54, 1.807) is 0 Å². The van der Waals surface area contributed by atoms with Crippen LogP contribution >= 0.6 is 0 Å². The Labute approximate surface area is 184 Å². The van der Waals surface area contributed by atoms with Gasteiger partial charge in [0.05, 0.1) is 33.7 Å². The van der Waals surface area contributed by atoms with E-state index in [2.05, 4.69) is 5.32 Å². The van der Waals surface area contributed by atoms with Crippen LogP contribution in [0.1, 0.15) is 30.0 Å². The number of halogens is 6. The van der Waals surface area contributed by atoms with Crippen LogP contribution in [0, 0.1) is 0 Å². The van der Waals surface area contributed by atoms with Crippen molar-refractivity contribution >= 4 is 31.6 Å². The van der Waals surface area contributed by atoms with Crippen LogP contribution in [0.25, 0.3) is 21.8 Å². The fourth-order valence-corrected chi connectivity index (χ4v) is 5.35. The van der Waals surface area contributed by atoms with Crippen LogP contribution in [0.3, 0.4) is 0 Å². The third kappa shape index (κ3) is 4.31. The van der Waals surface area contributed by atoms with Crippen LogP contribution in [0.2, 0.25) is 0 Å². The van der Waals surface area contributed by atoms with E-state index in [1.165, 1.54) is 4.57 Å². The smallest absolute Gasteiger partial charge is 0.390 e. The largest absolute Gasteiger partial charge is 0.417 e. The molecule has 12 heteroatoms. The van der Waals surface area contributed by atoms with Crippen LogP contribution in [-0.2, 0) is 22.2 Å². The molecule has 2 atom stereocenters. The fourth-order valence-electron chi connectivity index (χ4n) is 4.45. The first kappa shape index (κ1) is 23.8. The van der Waals surface area contributed by atoms with Crippen molar-refractivity contribution in [1.29, 1.82) is 0 Å². The van der Waals surface area contributed by atoms with E-state index in [0.29, 0.717) is 31.7 Å². The summed E-state index contributed by atoms with van der Waals surface area (Å²) in [6.07, 6.45) is -9.13. The highest BCUT2D eigenvalue weighted by Crippen LogP contribution is 2.43. The SMILES string of the molecule is CS(=O)(=O)c1cc2c(cc1C(F)(F)F)c1cc(C(F)(F)F)ccc1n2C1CCCNC[C@@H]1O. The van der Waals surface area contributed by atoms with E-state index in [1.807, 2.05) is 0 Å². The van der Waals surface area contributed by atoms with Crippen LogP contribution in [0.15, 0.2) is 35.2 Å². The highest BCUT2D eigenvalue weighted by atomic mass is 32.2. The lowest BCUT2D eigenvalue weighted by atomic mass is 10.1. The average molecular weight is 494 g/mol. The first-order chi connectivity index (χ1) is 15.2. The molecule has 0 saturated carbocycles. The number of aromatic nitrogens is 1. The zero-order valence-corrected chi connectivity index (χ0v) is 18.1. The molecule has 2 N–H and O–H groups in total. The standard InChI is InChI=1S/C21H20F6N2O3S/c1-33(31,32)19-9-17-13(8-14(19)21(25,26)27)12-7-11(20(22,23)24)4-5-15(12)29(17)16-3-2-6-28-10-18(16)30/h4-5,7-9,16,18,28,30H,2-3,6,10H2,1H3/t16?,18-/m0/s1. The normalized spacial score (nSPS) is 21.0. The van der Waals surface area contributed by atoms with Gasteiger partial charge in [-0.05, 0) is 49.7 Å². The Hall–Kier alpha value is -2.31. The van der Waals surface area contributed by atoms with Crippen LogP contribution in [0.5, 0.6) is 0 Å². The lowest BCUT2D eigenvalue weighted by Crippen LogP contribution is -2.31. The third-order valence-corrected chi connectivity index (χ3v) is 7.06. The number of nitrogens with zero attached hydrogens (tertiary/aromatic N) is 1. The van der Waals surface area contributed by atoms with Crippen molar-refractivity contribution in [2.24, 2.45) is 0 Å². The molecule has 4 rings (SSSR count). The zero-order chi connectivity index (χ0) is 24.3. The summed E-state index contributed by atoms with van der Waals surface area (Å²) in [5.41, 5.74) is -2.29. The maximum Gasteiger partial charge on any atom is 0.417 e. The Balaban J connectivity index is 2.16. The second-order valence-corrected chi connectivity index (χ2v) is 10.2. The molecule has 33 heavy (non-hydrogen) atoms. The quantitative estimate of drug-likeness (QED) is 0.514. The van der Waals surface area contributed by atoms with Gasteiger partial charge in [0.2, 0.25) is 0 Å². The molecule has 0 radical (unpaired) electrons. The molecule has 2 heterocycles. The first-order valence-electron chi connectivity index (χ1n) is 10.0. The predicted molar refractivity (Wildman–Crippen MR) is 110 cm³/mol. The second-order valence-electron chi connectivity index (χ2n) is 8.22. The Morgan fingerprint density at radius 3 is 2.27 bits per heavy atom. The number of sulfone groups is 1. The molecule has 0 spiro atoms. The van der Waals surface area contributed by atoms with Gasteiger partial charge in [0.1, 0.15) is 0 Å². The lowest BCUT2D eigenvalue weighted by molar-refractivity contribution is -0.140. The van der Waals surface area contributed by atoms with Crippen molar-refractivity contribution in [2.75, 3.05) is 19.3 Å². The summed E-state index contributed by atoms with van der Waals surface area (Å²) in [4.78, 5) is -0.969. The van der Waals surface area contributed by atoms with E-state index >= 15 is 0 Å². The summed E-state index contributed by atoms with van der Waals surface area (Å²) in [6.45, 7) is 0.752. The summed E-state index contributed by atoms with van der Waals surface area (Å²) < 4.78 is 107. The molecule has 1 unspecified atom stereocenters. The van der Waals surface area contributed by atoms with Crippen molar-refractivity contribution in [2.45, 2.75) is 42.2 Å². The first-order valence-corrected chi connectivity index (χ1v) is 11.9. The highest BCUT2D eigenvalue weighted by Gasteiger charge is 2.38. The number of nitrogens with one attached hydrogen (secondary N) is 1.